The molecular weight excluding hydrogens is 554 g/mol. The van der Waals surface area contributed by atoms with Crippen molar-refractivity contribution in [2.75, 3.05) is 11.9 Å². The lowest BCUT2D eigenvalue weighted by Gasteiger charge is -2.15. The van der Waals surface area contributed by atoms with Crippen LogP contribution in [0.4, 0.5) is 5.82 Å². The lowest BCUT2D eigenvalue weighted by Crippen LogP contribution is -2.46. The van der Waals surface area contributed by atoms with Crippen LogP contribution in [0, 0.1) is 0 Å². The van der Waals surface area contributed by atoms with Crippen LogP contribution in [0.15, 0.2) is 60.9 Å². The van der Waals surface area contributed by atoms with Gasteiger partial charge in [-0.2, -0.15) is 18.1 Å². The summed E-state index contributed by atoms with van der Waals surface area (Å²) in [6.07, 6.45) is -1.58. The molecule has 0 radical (unpaired) electrons. The SMILES string of the molecule is O=C(NS(=O)(=O)NC[C@H]1O[C@@H]([n+]2c[nH]c3c(NC4CC4)nc(-c4ccccc4)nc32)[C@H](O)[C@@H]1O)c1ccccc1O. The number of carbonyl (C=O) groups excluding carboxylic acids is 1. The zero-order valence-electron chi connectivity index (χ0n) is 21.5. The molecule has 1 aliphatic heterocycles. The van der Waals surface area contributed by atoms with E-state index in [0.717, 1.165) is 18.4 Å². The van der Waals surface area contributed by atoms with Crippen LogP contribution >= 0.6 is 0 Å². The summed E-state index contributed by atoms with van der Waals surface area (Å²) in [6, 6.07) is 15.2. The molecule has 14 nitrogen and oxygen atoms in total. The maximum atomic E-state index is 12.5. The minimum Gasteiger partial charge on any atom is -0.507 e. The number of aromatic nitrogens is 4. The highest BCUT2D eigenvalue weighted by Crippen LogP contribution is 2.31. The number of hydrogen-bond acceptors (Lipinski definition) is 10. The van der Waals surface area contributed by atoms with Crippen molar-refractivity contribution >= 4 is 33.1 Å². The number of aliphatic hydroxyl groups is 2. The average Bonchev–Trinajstić information content (AvgIpc) is 3.60. The van der Waals surface area contributed by atoms with Crippen LogP contribution in [0.2, 0.25) is 0 Å². The number of H-pyrrole nitrogens is 1. The minimum absolute atomic E-state index is 0.228. The Kier molecular flexibility index (Phi) is 7.04. The molecule has 4 atom stereocenters. The summed E-state index contributed by atoms with van der Waals surface area (Å²) in [4.78, 5) is 24.8. The molecule has 1 saturated carbocycles. The van der Waals surface area contributed by atoms with E-state index in [1.807, 2.05) is 30.3 Å². The molecule has 0 spiro atoms. The van der Waals surface area contributed by atoms with Gasteiger partial charge in [0.05, 0.1) is 5.56 Å². The van der Waals surface area contributed by atoms with Crippen LogP contribution < -0.4 is 19.3 Å². The molecular formula is C26H28N7O7S+. The first-order valence-corrected chi connectivity index (χ1v) is 14.4. The number of imidazole rings is 1. The molecule has 0 bridgehead atoms. The highest BCUT2D eigenvalue weighted by molar-refractivity contribution is 7.88. The van der Waals surface area contributed by atoms with Gasteiger partial charge in [-0.1, -0.05) is 35.3 Å². The van der Waals surface area contributed by atoms with Gasteiger partial charge in [0.15, 0.2) is 12.1 Å². The van der Waals surface area contributed by atoms with Crippen molar-refractivity contribution < 1.29 is 37.8 Å². The molecule has 15 heteroatoms. The number of amides is 1. The number of carbonyl (C=O) groups is 1. The van der Waals surface area contributed by atoms with E-state index < -0.39 is 47.2 Å². The van der Waals surface area contributed by atoms with Crippen LogP contribution in [0.25, 0.3) is 22.6 Å². The van der Waals surface area contributed by atoms with Gasteiger partial charge in [-0.3, -0.25) is 9.78 Å². The molecule has 2 aromatic carbocycles. The van der Waals surface area contributed by atoms with Gasteiger partial charge in [0.25, 0.3) is 5.91 Å². The number of nitrogens with zero attached hydrogens (tertiary/aromatic N) is 3. The molecule has 6 rings (SSSR count). The number of anilines is 1. The number of para-hydroxylation sites is 1. The third-order valence-corrected chi connectivity index (χ3v) is 7.90. The standard InChI is InChI=1S/C26H27N7O7S/c34-17-9-5-4-8-16(17)25(37)32-41(38,39)28-12-18-20(35)21(36)26(40-18)33-13-27-19-23(29-15-10-11-15)30-22(31-24(19)33)14-6-2-1-3-7-14/h1-9,13,15,18,20-21,26,28,35-36H,10-12H2,(H3,29,30,31,32,34,37)/p+1/t18-,20-,21-,26-/m1/s1. The van der Waals surface area contributed by atoms with Crippen LogP contribution in [0.3, 0.4) is 0 Å². The van der Waals surface area contributed by atoms with Crippen molar-refractivity contribution in [2.45, 2.75) is 43.4 Å². The molecule has 1 saturated heterocycles. The summed E-state index contributed by atoms with van der Waals surface area (Å²) in [7, 11) is -4.40. The predicted molar refractivity (Wildman–Crippen MR) is 145 cm³/mol. The number of nitrogens with one attached hydrogen (secondary N) is 4. The monoisotopic (exact) mass is 582 g/mol. The maximum Gasteiger partial charge on any atom is 0.310 e. The van der Waals surface area contributed by atoms with Crippen molar-refractivity contribution in [2.24, 2.45) is 0 Å². The Bertz CT molecular complexity index is 1700. The van der Waals surface area contributed by atoms with Gasteiger partial charge < -0.3 is 25.4 Å². The number of ether oxygens (including phenoxy) is 1. The van der Waals surface area contributed by atoms with Crippen molar-refractivity contribution in [3.63, 3.8) is 0 Å². The quantitative estimate of drug-likeness (QED) is 0.132. The summed E-state index contributed by atoms with van der Waals surface area (Å²) in [5, 5.41) is 34.8. The second-order valence-electron chi connectivity index (χ2n) is 9.91. The third kappa shape index (κ3) is 5.57. The van der Waals surface area contributed by atoms with Crippen molar-refractivity contribution in [1.82, 2.24) is 24.4 Å². The fraction of sp³-hybridized carbons (Fsp3) is 0.308. The summed E-state index contributed by atoms with van der Waals surface area (Å²) < 4.78 is 36.4. The number of benzene rings is 2. The number of rotatable bonds is 9. The van der Waals surface area contributed by atoms with E-state index in [9.17, 15) is 28.5 Å². The number of aromatic hydroxyl groups is 1. The zero-order valence-corrected chi connectivity index (χ0v) is 22.3. The van der Waals surface area contributed by atoms with Gasteiger partial charge in [-0.25, -0.2) is 9.29 Å². The van der Waals surface area contributed by atoms with E-state index in [0.29, 0.717) is 28.8 Å². The molecule has 4 aromatic rings. The van der Waals surface area contributed by atoms with E-state index >= 15 is 0 Å². The lowest BCUT2D eigenvalue weighted by atomic mass is 10.1. The van der Waals surface area contributed by atoms with Crippen molar-refractivity contribution in [3.05, 3.63) is 66.5 Å². The van der Waals surface area contributed by atoms with E-state index in [1.165, 1.54) is 28.8 Å². The largest absolute Gasteiger partial charge is 0.507 e. The van der Waals surface area contributed by atoms with Gasteiger partial charge in [0, 0.05) is 18.2 Å². The minimum atomic E-state index is -4.40. The Morgan fingerprint density at radius 1 is 1.05 bits per heavy atom. The van der Waals surface area contributed by atoms with Crippen LogP contribution in [0.5, 0.6) is 5.75 Å². The molecule has 2 aliphatic rings. The van der Waals surface area contributed by atoms with Gasteiger partial charge in [-0.05, 0) is 37.1 Å². The number of fused-ring (bicyclic) bond motifs is 1. The Labute approximate surface area is 234 Å². The van der Waals surface area contributed by atoms with Gasteiger partial charge in [0.1, 0.15) is 24.1 Å². The summed E-state index contributed by atoms with van der Waals surface area (Å²) in [6.45, 7) is -0.459. The predicted octanol–water partition coefficient (Wildman–Crippen LogP) is 0.0759. The van der Waals surface area contributed by atoms with Gasteiger partial charge >= 0.3 is 15.9 Å². The molecule has 7 N–H and O–H groups in total. The Hall–Kier alpha value is -4.15. The number of phenolic OH excluding ortho intramolecular Hbond substituents is 1. The highest BCUT2D eigenvalue weighted by Gasteiger charge is 2.47. The Balaban J connectivity index is 1.22. The van der Waals surface area contributed by atoms with Crippen LogP contribution in [-0.2, 0) is 14.9 Å². The molecule has 0 unspecified atom stereocenters. The molecule has 214 valence electrons. The Morgan fingerprint density at radius 3 is 2.51 bits per heavy atom. The molecule has 1 aliphatic carbocycles. The molecule has 1 amide bonds. The van der Waals surface area contributed by atoms with E-state index in [-0.39, 0.29) is 11.3 Å². The summed E-state index contributed by atoms with van der Waals surface area (Å²) >= 11 is 0. The average molecular weight is 583 g/mol. The Morgan fingerprint density at radius 2 is 1.78 bits per heavy atom. The first-order valence-electron chi connectivity index (χ1n) is 12.9. The fourth-order valence-corrected chi connectivity index (χ4v) is 5.41. The first-order chi connectivity index (χ1) is 19.7. The summed E-state index contributed by atoms with van der Waals surface area (Å²) in [5.41, 5.74) is 1.55. The lowest BCUT2D eigenvalue weighted by molar-refractivity contribution is -0.745. The zero-order chi connectivity index (χ0) is 28.7. The second kappa shape index (κ2) is 10.7. The second-order valence-corrected chi connectivity index (χ2v) is 11.4. The first kappa shape index (κ1) is 27.0. The topological polar surface area (TPSA) is 203 Å². The number of hydrogen-bond donors (Lipinski definition) is 7. The maximum absolute atomic E-state index is 12.5. The number of aromatic amines is 1. The van der Waals surface area contributed by atoms with E-state index in [4.69, 9.17) is 14.7 Å². The molecule has 2 fully saturated rings. The normalized spacial score (nSPS) is 22.6. The summed E-state index contributed by atoms with van der Waals surface area (Å²) in [5.74, 6) is -0.383. The fourth-order valence-electron chi connectivity index (χ4n) is 4.60. The number of aliphatic hydroxyl groups excluding tert-OH is 2. The molecule has 41 heavy (non-hydrogen) atoms. The van der Waals surface area contributed by atoms with Gasteiger partial charge in [0.2, 0.25) is 17.6 Å². The molecule has 3 heterocycles. The van der Waals surface area contributed by atoms with E-state index in [1.54, 1.807) is 11.0 Å². The van der Waals surface area contributed by atoms with E-state index in [2.05, 4.69) is 15.0 Å². The van der Waals surface area contributed by atoms with Crippen LogP contribution in [-0.4, -0.2) is 75.5 Å². The third-order valence-electron chi connectivity index (χ3n) is 6.89. The van der Waals surface area contributed by atoms with Gasteiger partial charge in [-0.15, -0.1) is 0 Å². The molecule has 2 aromatic heterocycles. The van der Waals surface area contributed by atoms with Crippen LogP contribution in [0.1, 0.15) is 29.4 Å². The van der Waals surface area contributed by atoms with Crippen molar-refractivity contribution in [3.8, 4) is 17.1 Å². The number of phenols is 1. The van der Waals surface area contributed by atoms with Crippen molar-refractivity contribution in [1.29, 1.82) is 0 Å². The highest BCUT2D eigenvalue weighted by atomic mass is 32.2. The smallest absolute Gasteiger partial charge is 0.310 e.